The molecule has 4 amide bonds. The van der Waals surface area contributed by atoms with Crippen molar-refractivity contribution < 1.29 is 19.0 Å². The molecule has 8 heteroatoms. The molecule has 0 aliphatic carbocycles. The van der Waals surface area contributed by atoms with Gasteiger partial charge in [0.15, 0.2) is 11.8 Å². The molecule has 1 aromatic carbocycles. The van der Waals surface area contributed by atoms with Crippen LogP contribution in [0.5, 0.6) is 0 Å². The molecule has 1 unspecified atom stereocenters. The number of urea groups is 1. The number of imide groups is 1. The Balaban J connectivity index is 1.71. The van der Waals surface area contributed by atoms with Gasteiger partial charge in [0, 0.05) is 11.6 Å². The Morgan fingerprint density at radius 1 is 1.30 bits per heavy atom. The van der Waals surface area contributed by atoms with Crippen LogP contribution in [0.1, 0.15) is 25.3 Å². The molecule has 0 saturated heterocycles. The molecule has 0 fully saturated rings. The molecule has 1 N–H and O–H groups in total. The van der Waals surface area contributed by atoms with Crippen molar-refractivity contribution in [2.75, 3.05) is 13.1 Å². The van der Waals surface area contributed by atoms with Gasteiger partial charge < -0.3 is 5.32 Å². The minimum Gasteiger partial charge on any atom is -0.349 e. The number of thioether (sulfide) groups is 1. The van der Waals surface area contributed by atoms with E-state index in [4.69, 9.17) is 11.6 Å². The van der Waals surface area contributed by atoms with E-state index < -0.39 is 11.3 Å². The van der Waals surface area contributed by atoms with E-state index in [1.165, 1.54) is 21.2 Å². The van der Waals surface area contributed by atoms with E-state index in [-0.39, 0.29) is 18.4 Å². The van der Waals surface area contributed by atoms with Gasteiger partial charge in [-0.2, -0.15) is 14.3 Å². The SMILES string of the molecule is CCCCN1C(=O)C2SC=CC2=[N+](CC(=O)NCc2ccc(Cl)cc2)C1=O. The van der Waals surface area contributed by atoms with Crippen LogP contribution in [-0.2, 0) is 16.1 Å². The van der Waals surface area contributed by atoms with Gasteiger partial charge in [-0.25, -0.2) is 4.79 Å². The van der Waals surface area contributed by atoms with Gasteiger partial charge in [-0.05, 0) is 35.6 Å². The quantitative estimate of drug-likeness (QED) is 0.707. The van der Waals surface area contributed by atoms with E-state index in [1.54, 1.807) is 23.6 Å². The second-order valence-electron chi connectivity index (χ2n) is 6.36. The predicted octanol–water partition coefficient (Wildman–Crippen LogP) is 2.80. The van der Waals surface area contributed by atoms with Crippen molar-refractivity contribution in [3.63, 3.8) is 0 Å². The van der Waals surface area contributed by atoms with Gasteiger partial charge in [0.25, 0.3) is 5.91 Å². The summed E-state index contributed by atoms with van der Waals surface area (Å²) in [5, 5.41) is 4.80. The Labute approximate surface area is 167 Å². The lowest BCUT2D eigenvalue weighted by Crippen LogP contribution is -2.56. The number of rotatable bonds is 7. The number of carbonyl (C=O) groups excluding carboxylic acids is 3. The summed E-state index contributed by atoms with van der Waals surface area (Å²) in [6.07, 6.45) is 3.37. The number of amides is 4. The van der Waals surface area contributed by atoms with Gasteiger partial charge in [-0.15, -0.1) is 11.8 Å². The number of carbonyl (C=O) groups is 3. The first kappa shape index (κ1) is 19.6. The molecule has 1 atom stereocenters. The number of nitrogens with zero attached hydrogens (tertiary/aromatic N) is 2. The molecule has 2 aliphatic heterocycles. The van der Waals surface area contributed by atoms with Crippen LogP contribution in [0.25, 0.3) is 0 Å². The normalized spacial score (nSPS) is 18.9. The van der Waals surface area contributed by atoms with Crippen LogP contribution in [0.4, 0.5) is 4.79 Å². The van der Waals surface area contributed by atoms with E-state index in [2.05, 4.69) is 5.32 Å². The molecule has 3 rings (SSSR count). The highest BCUT2D eigenvalue weighted by Crippen LogP contribution is 2.27. The van der Waals surface area contributed by atoms with Crippen molar-refractivity contribution in [1.29, 1.82) is 0 Å². The summed E-state index contributed by atoms with van der Waals surface area (Å²) in [5.74, 6) is -0.476. The zero-order valence-corrected chi connectivity index (χ0v) is 16.6. The monoisotopic (exact) mass is 406 g/mol. The molecular weight excluding hydrogens is 386 g/mol. The van der Waals surface area contributed by atoms with Crippen molar-refractivity contribution in [2.24, 2.45) is 0 Å². The highest BCUT2D eigenvalue weighted by atomic mass is 35.5. The summed E-state index contributed by atoms with van der Waals surface area (Å²) < 4.78 is 1.41. The summed E-state index contributed by atoms with van der Waals surface area (Å²) in [6, 6.07) is 6.76. The summed E-state index contributed by atoms with van der Waals surface area (Å²) in [6.45, 7) is 2.62. The molecule has 27 heavy (non-hydrogen) atoms. The lowest BCUT2D eigenvalue weighted by molar-refractivity contribution is -0.426. The lowest BCUT2D eigenvalue weighted by Gasteiger charge is -2.24. The fourth-order valence-electron chi connectivity index (χ4n) is 2.94. The van der Waals surface area contributed by atoms with Gasteiger partial charge in [-0.1, -0.05) is 37.1 Å². The van der Waals surface area contributed by atoms with E-state index in [1.807, 2.05) is 19.1 Å². The number of hydrogen-bond donors (Lipinski definition) is 1. The van der Waals surface area contributed by atoms with E-state index in [9.17, 15) is 14.4 Å². The first-order chi connectivity index (χ1) is 13.0. The number of unbranched alkanes of at least 4 members (excludes halogenated alkanes) is 1. The molecule has 0 bridgehead atoms. The Morgan fingerprint density at radius 3 is 2.74 bits per heavy atom. The average molecular weight is 407 g/mol. The smallest absolute Gasteiger partial charge is 0.349 e. The van der Waals surface area contributed by atoms with Crippen molar-refractivity contribution in [3.8, 4) is 0 Å². The van der Waals surface area contributed by atoms with Crippen LogP contribution in [0.2, 0.25) is 5.02 Å². The molecule has 2 aliphatic rings. The number of fused-ring (bicyclic) bond motifs is 1. The first-order valence-corrected chi connectivity index (χ1v) is 10.2. The van der Waals surface area contributed by atoms with Gasteiger partial charge in [0.05, 0.1) is 6.54 Å². The van der Waals surface area contributed by atoms with Gasteiger partial charge in [-0.3, -0.25) is 4.79 Å². The molecule has 2 heterocycles. The predicted molar refractivity (Wildman–Crippen MR) is 106 cm³/mol. The molecule has 0 spiro atoms. The third-order valence-electron chi connectivity index (χ3n) is 4.43. The van der Waals surface area contributed by atoms with Crippen LogP contribution in [0.15, 0.2) is 35.7 Å². The van der Waals surface area contributed by atoms with Crippen molar-refractivity contribution in [3.05, 3.63) is 46.3 Å². The number of halogens is 1. The minimum absolute atomic E-state index is 0.112. The van der Waals surface area contributed by atoms with Gasteiger partial charge >= 0.3 is 11.9 Å². The molecule has 0 saturated carbocycles. The topological polar surface area (TPSA) is 69.5 Å². The van der Waals surface area contributed by atoms with E-state index in [0.29, 0.717) is 23.8 Å². The largest absolute Gasteiger partial charge is 0.501 e. The third-order valence-corrected chi connectivity index (χ3v) is 5.69. The molecule has 0 aromatic heterocycles. The Hall–Kier alpha value is -2.12. The maximum absolute atomic E-state index is 12.8. The van der Waals surface area contributed by atoms with Crippen LogP contribution in [0.3, 0.4) is 0 Å². The number of nitrogens with one attached hydrogen (secondary N) is 1. The molecular formula is C19H21ClN3O3S+. The maximum atomic E-state index is 12.8. The standard InChI is InChI=1S/C19H20ClN3O3S/c1-2-3-9-22-18(25)17-15(8-10-27-17)23(19(22)26)12-16(24)21-11-13-4-6-14(20)7-5-13/h4-8,10,17H,2-3,9,11-12H2,1H3/p+1. The highest BCUT2D eigenvalue weighted by Gasteiger charge is 2.48. The fraction of sp³-hybridized carbons (Fsp3) is 0.368. The average Bonchev–Trinajstić information content (AvgIpc) is 3.14. The van der Waals surface area contributed by atoms with Crippen molar-refractivity contribution in [2.45, 2.75) is 31.6 Å². The third kappa shape index (κ3) is 4.42. The van der Waals surface area contributed by atoms with E-state index >= 15 is 0 Å². The molecule has 1 aromatic rings. The van der Waals surface area contributed by atoms with Crippen molar-refractivity contribution in [1.82, 2.24) is 10.2 Å². The number of hydrogen-bond acceptors (Lipinski definition) is 4. The highest BCUT2D eigenvalue weighted by molar-refractivity contribution is 8.04. The second kappa shape index (κ2) is 8.71. The number of benzene rings is 1. The van der Waals surface area contributed by atoms with Gasteiger partial charge in [0.2, 0.25) is 0 Å². The summed E-state index contributed by atoms with van der Waals surface area (Å²) in [7, 11) is 0. The summed E-state index contributed by atoms with van der Waals surface area (Å²) in [5.41, 5.74) is 1.50. The Bertz CT molecular complexity index is 820. The van der Waals surface area contributed by atoms with Crippen LogP contribution < -0.4 is 5.32 Å². The van der Waals surface area contributed by atoms with Crippen LogP contribution >= 0.6 is 23.4 Å². The fourth-order valence-corrected chi connectivity index (χ4v) is 4.03. The maximum Gasteiger partial charge on any atom is 0.501 e. The molecule has 0 radical (unpaired) electrons. The zero-order valence-electron chi connectivity index (χ0n) is 15.0. The second-order valence-corrected chi connectivity index (χ2v) is 7.81. The van der Waals surface area contributed by atoms with E-state index in [0.717, 1.165) is 18.4 Å². The number of allylic oxidation sites excluding steroid dienone is 1. The zero-order chi connectivity index (χ0) is 19.4. The Morgan fingerprint density at radius 2 is 2.04 bits per heavy atom. The molecule has 142 valence electrons. The Kier molecular flexibility index (Phi) is 6.34. The van der Waals surface area contributed by atoms with Crippen LogP contribution in [0, 0.1) is 0 Å². The first-order valence-electron chi connectivity index (χ1n) is 8.84. The minimum atomic E-state index is -0.441. The summed E-state index contributed by atoms with van der Waals surface area (Å²) in [4.78, 5) is 39.1. The summed E-state index contributed by atoms with van der Waals surface area (Å²) >= 11 is 7.23. The lowest BCUT2D eigenvalue weighted by atomic mass is 10.1. The van der Waals surface area contributed by atoms with Crippen LogP contribution in [-0.4, -0.2) is 51.4 Å². The van der Waals surface area contributed by atoms with Gasteiger partial charge in [0.1, 0.15) is 5.71 Å². The molecule has 6 nitrogen and oxygen atoms in total. The van der Waals surface area contributed by atoms with Crippen molar-refractivity contribution >= 4 is 46.9 Å².